The summed E-state index contributed by atoms with van der Waals surface area (Å²) >= 11 is 5.95. The molecule has 134 valence electrons. The Hall–Kier alpha value is -1.91. The van der Waals surface area contributed by atoms with Gasteiger partial charge in [0.1, 0.15) is 12.4 Å². The minimum absolute atomic E-state index is 0.0606. The van der Waals surface area contributed by atoms with Crippen LogP contribution in [0.1, 0.15) is 30.5 Å². The van der Waals surface area contributed by atoms with Crippen LogP contribution in [0.2, 0.25) is 5.02 Å². The van der Waals surface area contributed by atoms with Crippen molar-refractivity contribution in [2.75, 3.05) is 13.1 Å². The largest absolute Gasteiger partial charge is 0.352 e. The molecule has 0 saturated carbocycles. The average molecular weight is 364 g/mol. The number of carbonyl (C=O) groups excluding carboxylic acids is 1. The highest BCUT2D eigenvalue weighted by atomic mass is 35.5. The minimum atomic E-state index is -0.453. The zero-order chi connectivity index (χ0) is 18.2. The van der Waals surface area contributed by atoms with Gasteiger partial charge in [0.05, 0.1) is 19.5 Å². The van der Waals surface area contributed by atoms with E-state index in [-0.39, 0.29) is 22.9 Å². The van der Waals surface area contributed by atoms with Gasteiger partial charge in [-0.25, -0.2) is 4.39 Å². The maximum Gasteiger partial charge on any atom is 0.224 e. The summed E-state index contributed by atoms with van der Waals surface area (Å²) in [5.41, 5.74) is 2.54. The number of halogens is 2. The van der Waals surface area contributed by atoms with Gasteiger partial charge < -0.3 is 10.2 Å². The number of quaternary nitrogens is 1. The van der Waals surface area contributed by atoms with E-state index in [0.717, 1.165) is 25.2 Å². The third kappa shape index (κ3) is 5.83. The molecule has 2 aromatic rings. The summed E-state index contributed by atoms with van der Waals surface area (Å²) in [6.45, 7) is 8.00. The van der Waals surface area contributed by atoms with Crippen LogP contribution in [0.25, 0.3) is 0 Å². The molecule has 0 radical (unpaired) electrons. The van der Waals surface area contributed by atoms with Crippen molar-refractivity contribution in [3.05, 3.63) is 70.0 Å². The Morgan fingerprint density at radius 2 is 1.72 bits per heavy atom. The van der Waals surface area contributed by atoms with Crippen molar-refractivity contribution < 1.29 is 14.1 Å². The second-order valence-corrected chi connectivity index (χ2v) is 6.51. The Bertz CT molecular complexity index is 679. The first-order chi connectivity index (χ1) is 12.0. The lowest BCUT2D eigenvalue weighted by molar-refractivity contribution is -0.910. The van der Waals surface area contributed by atoms with E-state index in [9.17, 15) is 9.18 Å². The van der Waals surface area contributed by atoms with Crippen LogP contribution >= 0.6 is 11.6 Å². The molecule has 0 atom stereocenters. The molecule has 1 amide bonds. The van der Waals surface area contributed by atoms with Gasteiger partial charge in [-0.05, 0) is 31.5 Å². The maximum absolute atomic E-state index is 13.7. The van der Waals surface area contributed by atoms with Crippen LogP contribution in [0.5, 0.6) is 0 Å². The van der Waals surface area contributed by atoms with Gasteiger partial charge in [0, 0.05) is 22.7 Å². The fraction of sp³-hybridized carbons (Fsp3) is 0.350. The molecule has 5 heteroatoms. The highest BCUT2D eigenvalue weighted by Crippen LogP contribution is 2.19. The predicted molar refractivity (Wildman–Crippen MR) is 99.2 cm³/mol. The second-order valence-electron chi connectivity index (χ2n) is 6.10. The monoisotopic (exact) mass is 363 g/mol. The van der Waals surface area contributed by atoms with Crippen LogP contribution in [-0.2, 0) is 24.3 Å². The molecule has 2 N–H and O–H groups in total. The van der Waals surface area contributed by atoms with E-state index in [1.165, 1.54) is 22.6 Å². The van der Waals surface area contributed by atoms with Crippen LogP contribution in [-0.4, -0.2) is 19.0 Å². The van der Waals surface area contributed by atoms with Crippen molar-refractivity contribution in [3.8, 4) is 0 Å². The zero-order valence-electron chi connectivity index (χ0n) is 14.7. The fourth-order valence-corrected chi connectivity index (χ4v) is 2.92. The van der Waals surface area contributed by atoms with Crippen molar-refractivity contribution in [2.24, 2.45) is 0 Å². The molecule has 2 rings (SSSR count). The predicted octanol–water partition coefficient (Wildman–Crippen LogP) is 2.76. The molecule has 0 unspecified atom stereocenters. The van der Waals surface area contributed by atoms with Crippen LogP contribution in [0, 0.1) is 5.82 Å². The fourth-order valence-electron chi connectivity index (χ4n) is 2.69. The van der Waals surface area contributed by atoms with Crippen LogP contribution in [0.15, 0.2) is 42.5 Å². The van der Waals surface area contributed by atoms with E-state index >= 15 is 0 Å². The van der Waals surface area contributed by atoms with Gasteiger partial charge in [-0.15, -0.1) is 0 Å². The first-order valence-corrected chi connectivity index (χ1v) is 9.02. The number of nitrogens with one attached hydrogen (secondary N) is 2. The Morgan fingerprint density at radius 3 is 2.32 bits per heavy atom. The summed E-state index contributed by atoms with van der Waals surface area (Å²) in [6, 6.07) is 12.7. The van der Waals surface area contributed by atoms with Gasteiger partial charge >= 0.3 is 0 Å². The Kier molecular flexibility index (Phi) is 7.41. The molecule has 0 saturated heterocycles. The number of rotatable bonds is 8. The number of hydrogen-bond acceptors (Lipinski definition) is 1. The SMILES string of the molecule is CC[NH+](CC)Cc1ccc(CNC(=O)Cc2c(F)cccc2Cl)cc1. The van der Waals surface area contributed by atoms with E-state index < -0.39 is 5.82 Å². The second kappa shape index (κ2) is 9.54. The Balaban J connectivity index is 1.87. The maximum atomic E-state index is 13.7. The number of carbonyl (C=O) groups is 1. The molecule has 2 aromatic carbocycles. The molecular weight excluding hydrogens is 339 g/mol. The van der Waals surface area contributed by atoms with Crippen LogP contribution in [0.3, 0.4) is 0 Å². The number of benzene rings is 2. The highest BCUT2D eigenvalue weighted by molar-refractivity contribution is 6.31. The Labute approximate surface area is 153 Å². The van der Waals surface area contributed by atoms with Crippen molar-refractivity contribution in [1.82, 2.24) is 5.32 Å². The smallest absolute Gasteiger partial charge is 0.224 e. The molecule has 0 bridgehead atoms. The summed E-state index contributed by atoms with van der Waals surface area (Å²) in [7, 11) is 0. The molecule has 0 heterocycles. The molecule has 3 nitrogen and oxygen atoms in total. The topological polar surface area (TPSA) is 33.5 Å². The molecule has 0 aliphatic heterocycles. The lowest BCUT2D eigenvalue weighted by Gasteiger charge is -2.15. The van der Waals surface area contributed by atoms with Crippen LogP contribution < -0.4 is 10.2 Å². The molecule has 0 aliphatic rings. The van der Waals surface area contributed by atoms with Gasteiger partial charge in [-0.3, -0.25) is 4.79 Å². The summed E-state index contributed by atoms with van der Waals surface area (Å²) in [5, 5.41) is 3.09. The Morgan fingerprint density at radius 1 is 1.08 bits per heavy atom. The van der Waals surface area contributed by atoms with Gasteiger partial charge in [-0.2, -0.15) is 0 Å². The summed E-state index contributed by atoms with van der Waals surface area (Å²) in [4.78, 5) is 13.6. The molecule has 0 aliphatic carbocycles. The molecule has 0 fully saturated rings. The van der Waals surface area contributed by atoms with E-state index in [1.807, 2.05) is 12.1 Å². The normalized spacial score (nSPS) is 10.9. The lowest BCUT2D eigenvalue weighted by Crippen LogP contribution is -3.10. The highest BCUT2D eigenvalue weighted by Gasteiger charge is 2.11. The third-order valence-electron chi connectivity index (χ3n) is 4.37. The van der Waals surface area contributed by atoms with Gasteiger partial charge in [0.2, 0.25) is 5.91 Å². The van der Waals surface area contributed by atoms with Gasteiger partial charge in [-0.1, -0.05) is 41.9 Å². The average Bonchev–Trinajstić information content (AvgIpc) is 2.62. The van der Waals surface area contributed by atoms with Gasteiger partial charge in [0.25, 0.3) is 0 Å². The summed E-state index contributed by atoms with van der Waals surface area (Å²) in [6.07, 6.45) is -0.0606. The van der Waals surface area contributed by atoms with Crippen molar-refractivity contribution in [1.29, 1.82) is 0 Å². The molecule has 25 heavy (non-hydrogen) atoms. The first-order valence-electron chi connectivity index (χ1n) is 8.64. The minimum Gasteiger partial charge on any atom is -0.352 e. The standard InChI is InChI=1S/C20H24ClFN2O/c1-3-24(4-2)14-16-10-8-15(9-11-16)13-23-20(25)12-17-18(21)6-5-7-19(17)22/h5-11H,3-4,12-14H2,1-2H3,(H,23,25)/p+1. The van der Waals surface area contributed by atoms with E-state index in [2.05, 4.69) is 31.3 Å². The molecule has 0 spiro atoms. The molecular formula is C20H25ClFN2O+. The van der Waals surface area contributed by atoms with E-state index in [1.54, 1.807) is 6.07 Å². The lowest BCUT2D eigenvalue weighted by atomic mass is 10.1. The number of hydrogen-bond donors (Lipinski definition) is 2. The zero-order valence-corrected chi connectivity index (χ0v) is 15.5. The quantitative estimate of drug-likeness (QED) is 0.743. The third-order valence-corrected chi connectivity index (χ3v) is 4.72. The summed E-state index contributed by atoms with van der Waals surface area (Å²) in [5.74, 6) is -0.699. The van der Waals surface area contributed by atoms with Crippen molar-refractivity contribution in [2.45, 2.75) is 33.4 Å². The first kappa shape index (κ1) is 19.4. The van der Waals surface area contributed by atoms with Gasteiger partial charge in [0.15, 0.2) is 0 Å². The van der Waals surface area contributed by atoms with Crippen LogP contribution in [0.4, 0.5) is 4.39 Å². The number of amides is 1. The van der Waals surface area contributed by atoms with Crippen molar-refractivity contribution in [3.63, 3.8) is 0 Å². The summed E-state index contributed by atoms with van der Waals surface area (Å²) < 4.78 is 13.7. The van der Waals surface area contributed by atoms with E-state index in [0.29, 0.717) is 6.54 Å². The van der Waals surface area contributed by atoms with Crippen molar-refractivity contribution >= 4 is 17.5 Å². The molecule has 0 aromatic heterocycles. The van der Waals surface area contributed by atoms with E-state index in [4.69, 9.17) is 11.6 Å².